The molecule has 5 nitrogen and oxygen atoms in total. The summed E-state index contributed by atoms with van der Waals surface area (Å²) in [6.07, 6.45) is 2.17. The average Bonchev–Trinajstić information content (AvgIpc) is 2.83. The van der Waals surface area contributed by atoms with Crippen LogP contribution in [0.15, 0.2) is 18.2 Å². The van der Waals surface area contributed by atoms with E-state index in [1.807, 2.05) is 45.6 Å². The highest BCUT2D eigenvalue weighted by Gasteiger charge is 2.51. The van der Waals surface area contributed by atoms with E-state index in [2.05, 4.69) is 0 Å². The number of hydrogen-bond acceptors (Lipinski definition) is 5. The fourth-order valence-electron chi connectivity index (χ4n) is 3.74. The molecule has 0 N–H and O–H groups in total. The van der Waals surface area contributed by atoms with Gasteiger partial charge in [0.05, 0.1) is 23.5 Å². The van der Waals surface area contributed by atoms with Gasteiger partial charge < -0.3 is 18.9 Å². The maximum Gasteiger partial charge on any atom is 0.494 e. The van der Waals surface area contributed by atoms with Crippen LogP contribution in [0.25, 0.3) is 0 Å². The number of ether oxygens (including phenoxy) is 1. The molecular formula is C21H31BFNO4. The number of halogens is 1. The van der Waals surface area contributed by atoms with Crippen molar-refractivity contribution in [1.82, 2.24) is 0 Å². The second kappa shape index (κ2) is 8.03. The van der Waals surface area contributed by atoms with E-state index in [9.17, 15) is 9.18 Å². The van der Waals surface area contributed by atoms with Crippen molar-refractivity contribution in [2.24, 2.45) is 5.92 Å². The summed E-state index contributed by atoms with van der Waals surface area (Å²) in [5.74, 6) is -0.0997. The molecular weight excluding hydrogens is 360 g/mol. The predicted octanol–water partition coefficient (Wildman–Crippen LogP) is 3.29. The Morgan fingerprint density at radius 2 is 1.82 bits per heavy atom. The number of carbonyl (C=O) groups excluding carboxylic acids is 1. The zero-order valence-electron chi connectivity index (χ0n) is 17.6. The van der Waals surface area contributed by atoms with Crippen molar-refractivity contribution in [3.8, 4) is 0 Å². The Balaban J connectivity index is 1.62. The van der Waals surface area contributed by atoms with E-state index >= 15 is 0 Å². The van der Waals surface area contributed by atoms with Gasteiger partial charge in [-0.2, -0.15) is 0 Å². The standard InChI is InChI=1S/C21H31BFNO4/c1-6-26-19(25)13-15-9-11-24(12-10-15)18-8-7-16(14-17(18)23)22-27-20(2,3)21(4,5)28-22/h7-8,14-15H,6,9-13H2,1-5H3. The predicted molar refractivity (Wildman–Crippen MR) is 108 cm³/mol. The molecule has 0 bridgehead atoms. The van der Waals surface area contributed by atoms with Gasteiger partial charge in [-0.1, -0.05) is 6.07 Å². The zero-order valence-corrected chi connectivity index (χ0v) is 17.6. The van der Waals surface area contributed by atoms with Gasteiger partial charge in [0, 0.05) is 19.5 Å². The first kappa shape index (κ1) is 21.1. The lowest BCUT2D eigenvalue weighted by Gasteiger charge is -2.33. The first-order valence-corrected chi connectivity index (χ1v) is 10.2. The van der Waals surface area contributed by atoms with Gasteiger partial charge in [0.2, 0.25) is 0 Å². The van der Waals surface area contributed by atoms with Crippen LogP contribution in [-0.2, 0) is 18.8 Å². The topological polar surface area (TPSA) is 48.0 Å². The highest BCUT2D eigenvalue weighted by molar-refractivity contribution is 6.62. The summed E-state index contributed by atoms with van der Waals surface area (Å²) in [4.78, 5) is 13.7. The molecule has 0 unspecified atom stereocenters. The van der Waals surface area contributed by atoms with Crippen LogP contribution < -0.4 is 10.4 Å². The first-order valence-electron chi connectivity index (χ1n) is 10.2. The van der Waals surface area contributed by atoms with Crippen molar-refractivity contribution >= 4 is 24.2 Å². The lowest BCUT2D eigenvalue weighted by molar-refractivity contribution is -0.144. The molecule has 28 heavy (non-hydrogen) atoms. The monoisotopic (exact) mass is 391 g/mol. The lowest BCUT2D eigenvalue weighted by atomic mass is 9.79. The van der Waals surface area contributed by atoms with Crippen molar-refractivity contribution in [3.05, 3.63) is 24.0 Å². The van der Waals surface area contributed by atoms with E-state index in [4.69, 9.17) is 14.0 Å². The first-order chi connectivity index (χ1) is 13.1. The summed E-state index contributed by atoms with van der Waals surface area (Å²) >= 11 is 0. The number of anilines is 1. The van der Waals surface area contributed by atoms with Crippen LogP contribution in [0.2, 0.25) is 0 Å². The molecule has 7 heteroatoms. The highest BCUT2D eigenvalue weighted by Crippen LogP contribution is 2.36. The summed E-state index contributed by atoms with van der Waals surface area (Å²) in [6.45, 7) is 11.6. The quantitative estimate of drug-likeness (QED) is 0.570. The highest BCUT2D eigenvalue weighted by atomic mass is 19.1. The van der Waals surface area contributed by atoms with Crippen LogP contribution in [0.5, 0.6) is 0 Å². The minimum absolute atomic E-state index is 0.140. The van der Waals surface area contributed by atoms with Crippen LogP contribution in [0.4, 0.5) is 10.1 Å². The third kappa shape index (κ3) is 4.36. The van der Waals surface area contributed by atoms with Gasteiger partial charge in [0.25, 0.3) is 0 Å². The van der Waals surface area contributed by atoms with Crippen molar-refractivity contribution in [2.45, 2.75) is 65.1 Å². The second-order valence-electron chi connectivity index (χ2n) is 8.74. The molecule has 1 aromatic rings. The van der Waals surface area contributed by atoms with Crippen molar-refractivity contribution in [1.29, 1.82) is 0 Å². The third-order valence-corrected chi connectivity index (χ3v) is 6.21. The Labute approximate surface area is 167 Å². The van der Waals surface area contributed by atoms with E-state index in [1.165, 1.54) is 6.07 Å². The van der Waals surface area contributed by atoms with Crippen molar-refractivity contribution < 1.29 is 23.2 Å². The van der Waals surface area contributed by atoms with Crippen LogP contribution in [0.3, 0.4) is 0 Å². The molecule has 0 amide bonds. The number of carbonyl (C=O) groups is 1. The molecule has 0 radical (unpaired) electrons. The van der Waals surface area contributed by atoms with E-state index in [0.717, 1.165) is 25.9 Å². The molecule has 2 heterocycles. The number of piperidine rings is 1. The molecule has 2 aliphatic rings. The minimum Gasteiger partial charge on any atom is -0.466 e. The van der Waals surface area contributed by atoms with Crippen molar-refractivity contribution in [2.75, 3.05) is 24.6 Å². The Morgan fingerprint density at radius 3 is 2.36 bits per heavy atom. The van der Waals surface area contributed by atoms with E-state index < -0.39 is 18.3 Å². The molecule has 0 spiro atoms. The summed E-state index contributed by atoms with van der Waals surface area (Å²) in [7, 11) is -0.566. The number of hydrogen-bond donors (Lipinski definition) is 0. The normalized spacial score (nSPS) is 21.8. The molecule has 1 aromatic carbocycles. The summed E-state index contributed by atoms with van der Waals surface area (Å²) in [5.41, 5.74) is 0.383. The smallest absolute Gasteiger partial charge is 0.466 e. The van der Waals surface area contributed by atoms with Gasteiger partial charge in [0.1, 0.15) is 5.82 Å². The summed E-state index contributed by atoms with van der Waals surface area (Å²) in [5, 5.41) is 0. The van der Waals surface area contributed by atoms with Crippen LogP contribution in [0.1, 0.15) is 53.9 Å². The molecule has 3 rings (SSSR count). The minimum atomic E-state index is -0.566. The van der Waals surface area contributed by atoms with E-state index in [-0.39, 0.29) is 11.8 Å². The fourth-order valence-corrected chi connectivity index (χ4v) is 3.74. The Kier molecular flexibility index (Phi) is 6.06. The summed E-state index contributed by atoms with van der Waals surface area (Å²) < 4.78 is 31.9. The maximum absolute atomic E-state index is 14.9. The van der Waals surface area contributed by atoms with E-state index in [1.54, 1.807) is 6.07 Å². The third-order valence-electron chi connectivity index (χ3n) is 6.21. The van der Waals surface area contributed by atoms with E-state index in [0.29, 0.717) is 30.1 Å². The molecule has 0 saturated carbocycles. The van der Waals surface area contributed by atoms with Gasteiger partial charge in [-0.3, -0.25) is 4.79 Å². The van der Waals surface area contributed by atoms with Crippen LogP contribution in [0, 0.1) is 11.7 Å². The molecule has 2 aliphatic heterocycles. The largest absolute Gasteiger partial charge is 0.494 e. The van der Waals surface area contributed by atoms with Gasteiger partial charge >= 0.3 is 13.1 Å². The fraction of sp³-hybridized carbons (Fsp3) is 0.667. The number of nitrogens with zero attached hydrogens (tertiary/aromatic N) is 1. The molecule has 2 saturated heterocycles. The van der Waals surface area contributed by atoms with Gasteiger partial charge in [0.15, 0.2) is 0 Å². The molecule has 154 valence electrons. The number of rotatable bonds is 5. The van der Waals surface area contributed by atoms with Crippen LogP contribution in [-0.4, -0.2) is 44.0 Å². The molecule has 0 aromatic heterocycles. The molecule has 2 fully saturated rings. The molecule has 0 aliphatic carbocycles. The lowest BCUT2D eigenvalue weighted by Crippen LogP contribution is -2.41. The SMILES string of the molecule is CCOC(=O)CC1CCN(c2ccc(B3OC(C)(C)C(C)(C)O3)cc2F)CC1. The van der Waals surface area contributed by atoms with Gasteiger partial charge in [-0.25, -0.2) is 4.39 Å². The average molecular weight is 391 g/mol. The second-order valence-corrected chi connectivity index (χ2v) is 8.74. The maximum atomic E-state index is 14.9. The number of esters is 1. The summed E-state index contributed by atoms with van der Waals surface area (Å²) in [6, 6.07) is 5.20. The van der Waals surface area contributed by atoms with Crippen LogP contribution >= 0.6 is 0 Å². The number of benzene rings is 1. The molecule has 0 atom stereocenters. The Bertz CT molecular complexity index is 700. The van der Waals surface area contributed by atoms with Gasteiger partial charge in [-0.15, -0.1) is 0 Å². The van der Waals surface area contributed by atoms with Gasteiger partial charge in [-0.05, 0) is 71.0 Å². The Hall–Kier alpha value is -1.60. The Morgan fingerprint density at radius 1 is 1.21 bits per heavy atom. The van der Waals surface area contributed by atoms with Crippen molar-refractivity contribution in [3.63, 3.8) is 0 Å². The zero-order chi connectivity index (χ0) is 20.5.